The minimum absolute atomic E-state index is 0.0204. The van der Waals surface area contributed by atoms with Crippen LogP contribution in [0.3, 0.4) is 0 Å². The highest BCUT2D eigenvalue weighted by atomic mass is 16.6. The largest absolute Gasteiger partial charge is 0.389 e. The molecule has 0 spiro atoms. The maximum Gasteiger partial charge on any atom is 0.142 e. The Bertz CT molecular complexity index is 88.5. The van der Waals surface area contributed by atoms with Gasteiger partial charge in [-0.25, -0.2) is 0 Å². The Labute approximate surface area is 49.8 Å². The highest BCUT2D eigenvalue weighted by molar-refractivity contribution is 5.60. The molecular formula is C6H10NO. The van der Waals surface area contributed by atoms with Crippen LogP contribution in [0.2, 0.25) is 0 Å². The summed E-state index contributed by atoms with van der Waals surface area (Å²) >= 11 is 0. The molecule has 8 heavy (non-hydrogen) atoms. The zero-order chi connectivity index (χ0) is 6.41. The average molecular weight is 112 g/mol. The van der Waals surface area contributed by atoms with E-state index in [-0.39, 0.29) is 6.10 Å². The van der Waals surface area contributed by atoms with Crippen LogP contribution in [0, 0.1) is 6.92 Å². The first-order valence-corrected chi connectivity index (χ1v) is 2.40. The van der Waals surface area contributed by atoms with E-state index in [9.17, 15) is 0 Å². The predicted molar refractivity (Wildman–Crippen MR) is 34.6 cm³/mol. The van der Waals surface area contributed by atoms with Gasteiger partial charge < -0.3 is 4.84 Å². The highest BCUT2D eigenvalue weighted by Gasteiger charge is 1.88. The molecule has 0 aromatic heterocycles. The van der Waals surface area contributed by atoms with E-state index in [1.165, 1.54) is 6.21 Å². The quantitative estimate of drug-likeness (QED) is 0.307. The standard InChI is InChI=1S/C6H10NO/c1-4-6(3)8-7-5-2/h4-6H,1-2H2,3H3/b7-5-. The Balaban J connectivity index is 3.23. The molecule has 1 radical (unpaired) electrons. The molecule has 0 aliphatic rings. The van der Waals surface area contributed by atoms with Crippen LogP contribution >= 0.6 is 0 Å². The maximum atomic E-state index is 4.73. The topological polar surface area (TPSA) is 21.6 Å². The maximum absolute atomic E-state index is 4.73. The van der Waals surface area contributed by atoms with E-state index in [2.05, 4.69) is 18.7 Å². The van der Waals surface area contributed by atoms with Gasteiger partial charge in [0.1, 0.15) is 6.10 Å². The highest BCUT2D eigenvalue weighted by Crippen LogP contribution is 1.88. The number of hydrogen-bond donors (Lipinski definition) is 0. The van der Waals surface area contributed by atoms with Crippen LogP contribution < -0.4 is 0 Å². The van der Waals surface area contributed by atoms with Crippen molar-refractivity contribution < 1.29 is 4.84 Å². The summed E-state index contributed by atoms with van der Waals surface area (Å²) < 4.78 is 0. The van der Waals surface area contributed by atoms with Crippen LogP contribution in [-0.4, -0.2) is 12.3 Å². The molecule has 0 saturated heterocycles. The Hall–Kier alpha value is -0.790. The van der Waals surface area contributed by atoms with Gasteiger partial charge in [0, 0.05) is 6.21 Å². The van der Waals surface area contributed by atoms with Crippen LogP contribution in [-0.2, 0) is 4.84 Å². The van der Waals surface area contributed by atoms with Gasteiger partial charge in [-0.3, -0.25) is 0 Å². The van der Waals surface area contributed by atoms with Crippen molar-refractivity contribution in [3.63, 3.8) is 0 Å². The molecule has 2 nitrogen and oxygen atoms in total. The van der Waals surface area contributed by atoms with E-state index in [0.717, 1.165) is 0 Å². The fourth-order valence-electron chi connectivity index (χ4n) is 0.182. The lowest BCUT2D eigenvalue weighted by atomic mass is 10.4. The van der Waals surface area contributed by atoms with Gasteiger partial charge in [-0.05, 0) is 19.9 Å². The SMILES string of the molecule is [CH2]/C=N\OC(C)C=C. The normalized spacial score (nSPS) is 13.8. The van der Waals surface area contributed by atoms with Crippen LogP contribution in [0.15, 0.2) is 17.8 Å². The monoisotopic (exact) mass is 112 g/mol. The van der Waals surface area contributed by atoms with E-state index in [0.29, 0.717) is 0 Å². The molecule has 2 heteroatoms. The third-order valence-corrected chi connectivity index (χ3v) is 0.634. The van der Waals surface area contributed by atoms with Crippen molar-refractivity contribution in [3.05, 3.63) is 19.6 Å². The smallest absolute Gasteiger partial charge is 0.142 e. The lowest BCUT2D eigenvalue weighted by Crippen LogP contribution is -1.97. The van der Waals surface area contributed by atoms with Crippen molar-refractivity contribution in [1.29, 1.82) is 0 Å². The molecule has 0 fully saturated rings. The molecule has 0 aliphatic carbocycles. The molecule has 0 aromatic rings. The van der Waals surface area contributed by atoms with Crippen molar-refractivity contribution >= 4 is 6.21 Å². The summed E-state index contributed by atoms with van der Waals surface area (Å²) in [6.07, 6.45) is 2.99. The predicted octanol–water partition coefficient (Wildman–Crippen LogP) is 1.40. The van der Waals surface area contributed by atoms with E-state index < -0.39 is 0 Å². The van der Waals surface area contributed by atoms with Crippen molar-refractivity contribution in [2.45, 2.75) is 13.0 Å². The molecule has 0 rings (SSSR count). The Morgan fingerprint density at radius 3 is 2.75 bits per heavy atom. The average Bonchev–Trinajstić information content (AvgIpc) is 1.83. The molecule has 0 bridgehead atoms. The number of nitrogens with zero attached hydrogens (tertiary/aromatic N) is 1. The molecule has 1 atom stereocenters. The van der Waals surface area contributed by atoms with Crippen LogP contribution in [0.4, 0.5) is 0 Å². The molecule has 45 valence electrons. The van der Waals surface area contributed by atoms with E-state index in [1.54, 1.807) is 6.08 Å². The number of hydrogen-bond acceptors (Lipinski definition) is 2. The summed E-state index contributed by atoms with van der Waals surface area (Å²) in [5, 5.41) is 3.44. The zero-order valence-electron chi connectivity index (χ0n) is 5.00. The van der Waals surface area contributed by atoms with Gasteiger partial charge in [-0.1, -0.05) is 11.7 Å². The first-order chi connectivity index (χ1) is 3.81. The van der Waals surface area contributed by atoms with Crippen molar-refractivity contribution in [2.75, 3.05) is 0 Å². The molecule has 0 aromatic carbocycles. The number of oxime groups is 1. The molecule has 0 saturated carbocycles. The third-order valence-electron chi connectivity index (χ3n) is 0.634. The fourth-order valence-corrected chi connectivity index (χ4v) is 0.182. The fraction of sp³-hybridized carbons (Fsp3) is 0.333. The summed E-state index contributed by atoms with van der Waals surface area (Å²) in [5.74, 6) is 0. The second-order valence-electron chi connectivity index (χ2n) is 1.33. The Morgan fingerprint density at radius 2 is 2.38 bits per heavy atom. The Kier molecular flexibility index (Phi) is 3.94. The van der Waals surface area contributed by atoms with Crippen molar-refractivity contribution in [2.24, 2.45) is 5.16 Å². The van der Waals surface area contributed by atoms with Crippen LogP contribution in [0.5, 0.6) is 0 Å². The molecule has 1 unspecified atom stereocenters. The van der Waals surface area contributed by atoms with E-state index >= 15 is 0 Å². The second-order valence-corrected chi connectivity index (χ2v) is 1.33. The Morgan fingerprint density at radius 1 is 1.75 bits per heavy atom. The van der Waals surface area contributed by atoms with Gasteiger partial charge in [0.2, 0.25) is 0 Å². The summed E-state index contributed by atoms with van der Waals surface area (Å²) in [6, 6.07) is 0. The number of rotatable bonds is 3. The van der Waals surface area contributed by atoms with Gasteiger partial charge in [0.05, 0.1) is 0 Å². The van der Waals surface area contributed by atoms with Gasteiger partial charge in [-0.15, -0.1) is 0 Å². The van der Waals surface area contributed by atoms with Gasteiger partial charge >= 0.3 is 0 Å². The molecule has 0 N–H and O–H groups in total. The van der Waals surface area contributed by atoms with Gasteiger partial charge in [0.15, 0.2) is 0 Å². The summed E-state index contributed by atoms with van der Waals surface area (Å²) in [4.78, 5) is 4.73. The summed E-state index contributed by atoms with van der Waals surface area (Å²) in [7, 11) is 0. The van der Waals surface area contributed by atoms with E-state index in [4.69, 9.17) is 4.84 Å². The van der Waals surface area contributed by atoms with E-state index in [1.807, 2.05) is 6.92 Å². The van der Waals surface area contributed by atoms with Gasteiger partial charge in [-0.2, -0.15) is 0 Å². The summed E-state index contributed by atoms with van der Waals surface area (Å²) in [6.45, 7) is 8.68. The lowest BCUT2D eigenvalue weighted by molar-refractivity contribution is 0.107. The molecule has 0 amide bonds. The van der Waals surface area contributed by atoms with Crippen molar-refractivity contribution in [1.82, 2.24) is 0 Å². The van der Waals surface area contributed by atoms with Crippen LogP contribution in [0.25, 0.3) is 0 Å². The summed E-state index contributed by atoms with van der Waals surface area (Å²) in [5.41, 5.74) is 0. The minimum Gasteiger partial charge on any atom is -0.389 e. The zero-order valence-corrected chi connectivity index (χ0v) is 5.00. The first-order valence-electron chi connectivity index (χ1n) is 2.40. The first kappa shape index (κ1) is 7.21. The second kappa shape index (κ2) is 4.37. The lowest BCUT2D eigenvalue weighted by Gasteiger charge is -1.99. The molecule has 0 aliphatic heterocycles. The van der Waals surface area contributed by atoms with Crippen LogP contribution in [0.1, 0.15) is 6.92 Å². The van der Waals surface area contributed by atoms with Gasteiger partial charge in [0.25, 0.3) is 0 Å². The molecule has 0 heterocycles. The molecular weight excluding hydrogens is 102 g/mol. The minimum atomic E-state index is -0.0204. The van der Waals surface area contributed by atoms with Crippen molar-refractivity contribution in [3.8, 4) is 0 Å². The third kappa shape index (κ3) is 3.40.